The molecule has 9 nitrogen and oxygen atoms in total. The smallest absolute Gasteiger partial charge is 0.235 e. The van der Waals surface area contributed by atoms with E-state index in [4.69, 9.17) is 4.74 Å². The second kappa shape index (κ2) is 9.00. The Morgan fingerprint density at radius 2 is 1.87 bits per heavy atom. The number of pyridine rings is 1. The van der Waals surface area contributed by atoms with E-state index in [1.54, 1.807) is 31.2 Å². The monoisotopic (exact) mass is 435 g/mol. The van der Waals surface area contributed by atoms with Crippen LogP contribution in [0.1, 0.15) is 5.69 Å². The zero-order valence-electron chi connectivity index (χ0n) is 17.3. The second-order valence-corrected chi connectivity index (χ2v) is 7.65. The molecule has 1 amide bonds. The van der Waals surface area contributed by atoms with Gasteiger partial charge in [-0.3, -0.25) is 19.0 Å². The largest absolute Gasteiger partial charge is 0.497 e. The van der Waals surface area contributed by atoms with Crippen LogP contribution >= 0.6 is 11.8 Å². The van der Waals surface area contributed by atoms with E-state index in [0.717, 1.165) is 22.7 Å². The summed E-state index contributed by atoms with van der Waals surface area (Å²) >= 11 is 1.31. The Morgan fingerprint density at radius 3 is 2.52 bits per heavy atom. The fourth-order valence-corrected chi connectivity index (χ4v) is 3.80. The lowest BCUT2D eigenvalue weighted by Crippen LogP contribution is -2.16. The Morgan fingerprint density at radius 1 is 1.13 bits per heavy atom. The van der Waals surface area contributed by atoms with Crippen molar-refractivity contribution in [1.29, 1.82) is 0 Å². The summed E-state index contributed by atoms with van der Waals surface area (Å²) in [5.41, 5.74) is 2.58. The van der Waals surface area contributed by atoms with E-state index in [1.807, 2.05) is 54.0 Å². The number of aromatic nitrogens is 6. The number of amides is 1. The van der Waals surface area contributed by atoms with E-state index >= 15 is 0 Å². The molecule has 1 aromatic carbocycles. The molecule has 158 valence electrons. The molecule has 0 aliphatic heterocycles. The number of rotatable bonds is 7. The van der Waals surface area contributed by atoms with Crippen LogP contribution in [0.4, 0.5) is 5.82 Å². The lowest BCUT2D eigenvalue weighted by molar-refractivity contribution is -0.113. The van der Waals surface area contributed by atoms with Gasteiger partial charge in [0.15, 0.2) is 11.0 Å². The molecule has 1 N–H and O–H groups in total. The number of aryl methyl sites for hydroxylation is 2. The molecule has 0 unspecified atom stereocenters. The van der Waals surface area contributed by atoms with Crippen molar-refractivity contribution in [1.82, 2.24) is 29.5 Å². The Labute approximate surface area is 183 Å². The van der Waals surface area contributed by atoms with Crippen LogP contribution in [-0.4, -0.2) is 48.3 Å². The molecule has 0 atom stereocenters. The summed E-state index contributed by atoms with van der Waals surface area (Å²) in [6, 6.07) is 13.2. The molecule has 0 aliphatic carbocycles. The first kappa shape index (κ1) is 20.6. The Bertz CT molecular complexity index is 1190. The van der Waals surface area contributed by atoms with Gasteiger partial charge in [-0.25, -0.2) is 0 Å². The molecule has 0 spiro atoms. The number of anilines is 1. The van der Waals surface area contributed by atoms with E-state index in [0.29, 0.717) is 16.8 Å². The van der Waals surface area contributed by atoms with Gasteiger partial charge >= 0.3 is 0 Å². The predicted octanol–water partition coefficient (Wildman–Crippen LogP) is 3.11. The lowest BCUT2D eigenvalue weighted by Gasteiger charge is -2.11. The number of benzene rings is 1. The van der Waals surface area contributed by atoms with Gasteiger partial charge in [-0.2, -0.15) is 5.10 Å². The number of thioether (sulfide) groups is 1. The number of methoxy groups -OCH3 is 1. The minimum absolute atomic E-state index is 0.150. The van der Waals surface area contributed by atoms with Crippen LogP contribution in [0.2, 0.25) is 0 Å². The number of carbonyl (C=O) groups is 1. The van der Waals surface area contributed by atoms with Crippen LogP contribution in [0.15, 0.2) is 60.0 Å². The number of ether oxygens (including phenoxy) is 1. The van der Waals surface area contributed by atoms with Crippen molar-refractivity contribution in [3.8, 4) is 22.8 Å². The molecule has 4 rings (SSSR count). The van der Waals surface area contributed by atoms with Gasteiger partial charge in [0.05, 0.1) is 18.6 Å². The van der Waals surface area contributed by atoms with Gasteiger partial charge in [0.25, 0.3) is 0 Å². The van der Waals surface area contributed by atoms with Gasteiger partial charge in [-0.05, 0) is 43.3 Å². The lowest BCUT2D eigenvalue weighted by atomic mass is 10.2. The molecule has 0 bridgehead atoms. The average Bonchev–Trinajstić information content (AvgIpc) is 3.35. The number of nitrogens with one attached hydrogen (secondary N) is 1. The highest BCUT2D eigenvalue weighted by molar-refractivity contribution is 7.99. The summed E-state index contributed by atoms with van der Waals surface area (Å²) in [4.78, 5) is 16.6. The predicted molar refractivity (Wildman–Crippen MR) is 118 cm³/mol. The third kappa shape index (κ3) is 4.58. The first-order chi connectivity index (χ1) is 15.0. The van der Waals surface area contributed by atoms with Crippen LogP contribution < -0.4 is 10.1 Å². The molecular weight excluding hydrogens is 414 g/mol. The van der Waals surface area contributed by atoms with Crippen molar-refractivity contribution in [2.45, 2.75) is 12.1 Å². The van der Waals surface area contributed by atoms with E-state index in [1.165, 1.54) is 11.8 Å². The van der Waals surface area contributed by atoms with Crippen molar-refractivity contribution in [3.63, 3.8) is 0 Å². The fraction of sp³-hybridized carbons (Fsp3) is 0.190. The fourth-order valence-electron chi connectivity index (χ4n) is 3.05. The first-order valence-corrected chi connectivity index (χ1v) is 10.5. The molecule has 0 saturated carbocycles. The van der Waals surface area contributed by atoms with Gasteiger partial charge in [-0.1, -0.05) is 11.8 Å². The maximum Gasteiger partial charge on any atom is 0.235 e. The highest BCUT2D eigenvalue weighted by atomic mass is 32.2. The number of carbonyl (C=O) groups excluding carboxylic acids is 1. The standard InChI is InChI=1S/C21H21N7O2S/c1-14-12-18(27(2)26-14)23-19(29)13-31-21-25-24-20(15-8-10-22-11-9-15)28(21)16-4-6-17(30-3)7-5-16/h4-12H,13H2,1-3H3,(H,23,29). The van der Waals surface area contributed by atoms with Gasteiger partial charge in [0.1, 0.15) is 11.6 Å². The summed E-state index contributed by atoms with van der Waals surface area (Å²) in [7, 11) is 3.41. The Hall–Kier alpha value is -3.66. The Kier molecular flexibility index (Phi) is 5.99. The molecule has 3 heterocycles. The quantitative estimate of drug-likeness (QED) is 0.445. The van der Waals surface area contributed by atoms with Crippen molar-refractivity contribution in [3.05, 3.63) is 60.6 Å². The van der Waals surface area contributed by atoms with E-state index in [2.05, 4.69) is 25.6 Å². The molecule has 3 aromatic heterocycles. The van der Waals surface area contributed by atoms with Gasteiger partial charge in [0.2, 0.25) is 5.91 Å². The van der Waals surface area contributed by atoms with Crippen LogP contribution in [0.25, 0.3) is 17.1 Å². The SMILES string of the molecule is COc1ccc(-n2c(SCC(=O)Nc3cc(C)nn3C)nnc2-c2ccncc2)cc1. The number of hydrogen-bond donors (Lipinski definition) is 1. The molecule has 31 heavy (non-hydrogen) atoms. The highest BCUT2D eigenvalue weighted by Crippen LogP contribution is 2.28. The van der Waals surface area contributed by atoms with E-state index in [9.17, 15) is 4.79 Å². The molecule has 0 saturated heterocycles. The maximum atomic E-state index is 12.5. The molecule has 0 radical (unpaired) electrons. The summed E-state index contributed by atoms with van der Waals surface area (Å²) in [6.07, 6.45) is 3.41. The maximum absolute atomic E-state index is 12.5. The van der Waals surface area contributed by atoms with Crippen LogP contribution in [0, 0.1) is 6.92 Å². The molecule has 10 heteroatoms. The normalized spacial score (nSPS) is 10.8. The summed E-state index contributed by atoms with van der Waals surface area (Å²) < 4.78 is 8.82. The van der Waals surface area contributed by atoms with Gasteiger partial charge < -0.3 is 10.1 Å². The Balaban J connectivity index is 1.60. The van der Waals surface area contributed by atoms with Gasteiger partial charge in [-0.15, -0.1) is 10.2 Å². The first-order valence-electron chi connectivity index (χ1n) is 9.48. The van der Waals surface area contributed by atoms with Crippen LogP contribution in [-0.2, 0) is 11.8 Å². The van der Waals surface area contributed by atoms with E-state index < -0.39 is 0 Å². The topological polar surface area (TPSA) is 99.8 Å². The molecule has 0 aliphatic rings. The van der Waals surface area contributed by atoms with E-state index in [-0.39, 0.29) is 11.7 Å². The van der Waals surface area contributed by atoms with Crippen molar-refractivity contribution in [2.75, 3.05) is 18.2 Å². The van der Waals surface area contributed by atoms with Crippen LogP contribution in [0.5, 0.6) is 5.75 Å². The molecule has 0 fully saturated rings. The molecule has 4 aromatic rings. The molecular formula is C21H21N7O2S. The number of nitrogens with zero attached hydrogens (tertiary/aromatic N) is 6. The van der Waals surface area contributed by atoms with Crippen molar-refractivity contribution in [2.24, 2.45) is 7.05 Å². The van der Waals surface area contributed by atoms with Crippen molar-refractivity contribution >= 4 is 23.5 Å². The van der Waals surface area contributed by atoms with Crippen LogP contribution in [0.3, 0.4) is 0 Å². The zero-order chi connectivity index (χ0) is 21.8. The highest BCUT2D eigenvalue weighted by Gasteiger charge is 2.18. The summed E-state index contributed by atoms with van der Waals surface area (Å²) in [5.74, 6) is 2.09. The minimum atomic E-state index is -0.150. The minimum Gasteiger partial charge on any atom is -0.497 e. The zero-order valence-corrected chi connectivity index (χ0v) is 18.1. The summed E-state index contributed by atoms with van der Waals surface area (Å²) in [6.45, 7) is 1.88. The van der Waals surface area contributed by atoms with Gasteiger partial charge in [0, 0.05) is 36.8 Å². The third-order valence-electron chi connectivity index (χ3n) is 4.50. The second-order valence-electron chi connectivity index (χ2n) is 6.71. The number of hydrogen-bond acceptors (Lipinski definition) is 7. The average molecular weight is 436 g/mol. The third-order valence-corrected chi connectivity index (χ3v) is 5.43. The van der Waals surface area contributed by atoms with Crippen molar-refractivity contribution < 1.29 is 9.53 Å². The summed E-state index contributed by atoms with van der Waals surface area (Å²) in [5, 5.41) is 16.4.